The van der Waals surface area contributed by atoms with Gasteiger partial charge < -0.3 is 10.1 Å². The predicted molar refractivity (Wildman–Crippen MR) is 112 cm³/mol. The molecule has 144 valence electrons. The zero-order chi connectivity index (χ0) is 20.1. The number of amides is 1. The summed E-state index contributed by atoms with van der Waals surface area (Å²) in [7, 11) is 1.58. The van der Waals surface area contributed by atoms with Gasteiger partial charge in [-0.1, -0.05) is 23.9 Å². The first-order valence-electron chi connectivity index (χ1n) is 8.71. The van der Waals surface area contributed by atoms with Gasteiger partial charge in [0.2, 0.25) is 5.91 Å². The quantitative estimate of drug-likeness (QED) is 0.646. The molecule has 1 heterocycles. The van der Waals surface area contributed by atoms with E-state index in [1.54, 1.807) is 37.4 Å². The number of ether oxygens (including phenoxy) is 1. The van der Waals surface area contributed by atoms with Crippen LogP contribution in [0.1, 0.15) is 11.1 Å². The Morgan fingerprint density at radius 2 is 1.86 bits per heavy atom. The molecule has 28 heavy (non-hydrogen) atoms. The van der Waals surface area contributed by atoms with E-state index in [1.165, 1.54) is 22.5 Å². The van der Waals surface area contributed by atoms with E-state index in [0.717, 1.165) is 16.8 Å². The average Bonchev–Trinajstić information content (AvgIpc) is 2.71. The maximum absolute atomic E-state index is 12.3. The summed E-state index contributed by atoms with van der Waals surface area (Å²) in [5.74, 6) is 0.773. The molecule has 0 radical (unpaired) electrons. The van der Waals surface area contributed by atoms with Crippen molar-refractivity contribution >= 4 is 23.4 Å². The number of hydrogen-bond donors (Lipinski definition) is 1. The van der Waals surface area contributed by atoms with Crippen LogP contribution in [0.3, 0.4) is 0 Å². The zero-order valence-electron chi connectivity index (χ0n) is 15.9. The summed E-state index contributed by atoms with van der Waals surface area (Å²) in [5.41, 5.74) is 3.37. The Morgan fingerprint density at radius 1 is 1.11 bits per heavy atom. The van der Waals surface area contributed by atoms with Crippen LogP contribution in [-0.4, -0.2) is 28.6 Å². The van der Waals surface area contributed by atoms with Crippen LogP contribution in [0.4, 0.5) is 5.69 Å². The highest BCUT2D eigenvalue weighted by molar-refractivity contribution is 7.99. The van der Waals surface area contributed by atoms with Gasteiger partial charge in [-0.2, -0.15) is 9.78 Å². The molecule has 1 N–H and O–H groups in total. The van der Waals surface area contributed by atoms with Crippen molar-refractivity contribution in [2.24, 2.45) is 0 Å². The summed E-state index contributed by atoms with van der Waals surface area (Å²) in [5, 5.41) is 7.87. The first-order valence-corrected chi connectivity index (χ1v) is 9.70. The first-order chi connectivity index (χ1) is 13.5. The Morgan fingerprint density at radius 3 is 2.57 bits per heavy atom. The molecule has 3 aromatic rings. The monoisotopic (exact) mass is 395 g/mol. The summed E-state index contributed by atoms with van der Waals surface area (Å²) < 4.78 is 6.44. The van der Waals surface area contributed by atoms with E-state index in [0.29, 0.717) is 16.5 Å². The maximum atomic E-state index is 12.3. The van der Waals surface area contributed by atoms with E-state index in [2.05, 4.69) is 10.4 Å². The lowest BCUT2D eigenvalue weighted by Crippen LogP contribution is -2.21. The van der Waals surface area contributed by atoms with E-state index in [1.807, 2.05) is 32.0 Å². The number of anilines is 1. The minimum absolute atomic E-state index is 0.123. The second kappa shape index (κ2) is 8.75. The lowest BCUT2D eigenvalue weighted by Gasteiger charge is -2.10. The molecule has 0 fully saturated rings. The summed E-state index contributed by atoms with van der Waals surface area (Å²) in [6, 6.07) is 15.9. The van der Waals surface area contributed by atoms with Crippen molar-refractivity contribution < 1.29 is 9.53 Å². The molecule has 2 aromatic carbocycles. The summed E-state index contributed by atoms with van der Waals surface area (Å²) in [6.07, 6.45) is 0. The largest absolute Gasteiger partial charge is 0.497 e. The van der Waals surface area contributed by atoms with Crippen molar-refractivity contribution in [1.82, 2.24) is 9.78 Å². The Hall–Kier alpha value is -3.06. The van der Waals surface area contributed by atoms with E-state index in [4.69, 9.17) is 4.74 Å². The molecule has 0 aliphatic rings. The van der Waals surface area contributed by atoms with Crippen molar-refractivity contribution in [2.45, 2.75) is 18.9 Å². The molecule has 0 saturated heterocycles. The van der Waals surface area contributed by atoms with Gasteiger partial charge in [-0.15, -0.1) is 0 Å². The number of aromatic nitrogens is 2. The van der Waals surface area contributed by atoms with E-state index < -0.39 is 0 Å². The number of hydrogen-bond acceptors (Lipinski definition) is 5. The number of carbonyl (C=O) groups excluding carboxylic acids is 1. The number of nitrogens with one attached hydrogen (secondary N) is 1. The molecule has 0 aliphatic carbocycles. The molecule has 3 rings (SSSR count). The van der Waals surface area contributed by atoms with Crippen LogP contribution in [-0.2, 0) is 4.79 Å². The molecule has 6 nitrogen and oxygen atoms in total. The Kier molecular flexibility index (Phi) is 6.16. The van der Waals surface area contributed by atoms with Crippen molar-refractivity contribution in [1.29, 1.82) is 0 Å². The number of rotatable bonds is 6. The Balaban J connectivity index is 1.70. The van der Waals surface area contributed by atoms with E-state index in [9.17, 15) is 9.59 Å². The molecular weight excluding hydrogens is 374 g/mol. The maximum Gasteiger partial charge on any atom is 0.271 e. The molecule has 1 amide bonds. The van der Waals surface area contributed by atoms with Gasteiger partial charge in [0, 0.05) is 11.8 Å². The van der Waals surface area contributed by atoms with Crippen LogP contribution in [0.2, 0.25) is 0 Å². The number of methoxy groups -OCH3 is 1. The van der Waals surface area contributed by atoms with E-state index in [-0.39, 0.29) is 17.2 Å². The fourth-order valence-electron chi connectivity index (χ4n) is 2.59. The van der Waals surface area contributed by atoms with Gasteiger partial charge in [0.15, 0.2) is 0 Å². The fraction of sp³-hybridized carbons (Fsp3) is 0.190. The van der Waals surface area contributed by atoms with Crippen LogP contribution in [0.5, 0.6) is 5.75 Å². The van der Waals surface area contributed by atoms with Gasteiger partial charge in [0.05, 0.1) is 18.6 Å². The molecule has 7 heteroatoms. The molecule has 0 atom stereocenters. The lowest BCUT2D eigenvalue weighted by atomic mass is 10.1. The normalized spacial score (nSPS) is 10.5. The standard InChI is InChI=1S/C21H21N3O3S/c1-14-5-4-6-18(15(14)2)22-19(25)13-28-20-11-12-21(26)24(23-20)16-7-9-17(27-3)10-8-16/h4-12H,13H2,1-3H3,(H,22,25). The predicted octanol–water partition coefficient (Wildman–Crippen LogP) is 3.59. The highest BCUT2D eigenvalue weighted by atomic mass is 32.2. The molecule has 0 saturated carbocycles. The summed E-state index contributed by atoms with van der Waals surface area (Å²) in [6.45, 7) is 3.98. The summed E-state index contributed by atoms with van der Waals surface area (Å²) >= 11 is 1.28. The Labute approximate surface area is 167 Å². The smallest absolute Gasteiger partial charge is 0.271 e. The molecule has 0 unspecified atom stereocenters. The van der Waals surface area contributed by atoms with Crippen LogP contribution in [0, 0.1) is 13.8 Å². The second-order valence-electron chi connectivity index (χ2n) is 6.20. The SMILES string of the molecule is COc1ccc(-n2nc(SCC(=O)Nc3cccc(C)c3C)ccc2=O)cc1. The van der Waals surface area contributed by atoms with Gasteiger partial charge in [-0.25, -0.2) is 0 Å². The number of benzene rings is 2. The van der Waals surface area contributed by atoms with Gasteiger partial charge in [0.25, 0.3) is 5.56 Å². The van der Waals surface area contributed by atoms with Gasteiger partial charge in [0.1, 0.15) is 10.8 Å². The first kappa shape index (κ1) is 19.7. The molecule has 0 aliphatic heterocycles. The number of carbonyl (C=O) groups is 1. The van der Waals surface area contributed by atoms with Crippen LogP contribution in [0.15, 0.2) is 64.4 Å². The van der Waals surface area contributed by atoms with Crippen LogP contribution >= 0.6 is 11.8 Å². The van der Waals surface area contributed by atoms with E-state index >= 15 is 0 Å². The van der Waals surface area contributed by atoms with Crippen molar-refractivity contribution in [2.75, 3.05) is 18.2 Å². The third-order valence-corrected chi connectivity index (χ3v) is 5.24. The Bertz CT molecular complexity index is 1050. The minimum atomic E-state index is -0.241. The highest BCUT2D eigenvalue weighted by Crippen LogP contribution is 2.20. The van der Waals surface area contributed by atoms with Crippen molar-refractivity contribution in [3.8, 4) is 11.4 Å². The zero-order valence-corrected chi connectivity index (χ0v) is 16.7. The van der Waals surface area contributed by atoms with Crippen molar-refractivity contribution in [3.63, 3.8) is 0 Å². The third-order valence-electron chi connectivity index (χ3n) is 4.32. The third kappa shape index (κ3) is 4.61. The lowest BCUT2D eigenvalue weighted by molar-refractivity contribution is -0.113. The number of thioether (sulfide) groups is 1. The van der Waals surface area contributed by atoms with Crippen LogP contribution in [0.25, 0.3) is 5.69 Å². The molecule has 1 aromatic heterocycles. The second-order valence-corrected chi connectivity index (χ2v) is 7.20. The number of nitrogens with zero attached hydrogens (tertiary/aromatic N) is 2. The minimum Gasteiger partial charge on any atom is -0.497 e. The van der Waals surface area contributed by atoms with Gasteiger partial charge in [-0.3, -0.25) is 9.59 Å². The highest BCUT2D eigenvalue weighted by Gasteiger charge is 2.09. The molecule has 0 spiro atoms. The topological polar surface area (TPSA) is 73.2 Å². The van der Waals surface area contributed by atoms with Crippen molar-refractivity contribution in [3.05, 3.63) is 76.1 Å². The molecule has 0 bridgehead atoms. The fourth-order valence-corrected chi connectivity index (χ4v) is 3.25. The number of aryl methyl sites for hydroxylation is 1. The summed E-state index contributed by atoms with van der Waals surface area (Å²) in [4.78, 5) is 24.5. The average molecular weight is 395 g/mol. The van der Waals surface area contributed by atoms with Gasteiger partial charge >= 0.3 is 0 Å². The van der Waals surface area contributed by atoms with Gasteiger partial charge in [-0.05, 0) is 61.4 Å². The molecular formula is C21H21N3O3S. The van der Waals surface area contributed by atoms with Crippen LogP contribution < -0.4 is 15.6 Å².